The van der Waals surface area contributed by atoms with E-state index in [2.05, 4.69) is 0 Å². The molecule has 1 aromatic heterocycles. The molecule has 1 N–H and O–H groups in total. The summed E-state index contributed by atoms with van der Waals surface area (Å²) in [6.07, 6.45) is 1.66. The van der Waals surface area contributed by atoms with Gasteiger partial charge in [0.05, 0.1) is 12.7 Å². The van der Waals surface area contributed by atoms with Crippen LogP contribution in [0.3, 0.4) is 0 Å². The first-order valence-corrected chi connectivity index (χ1v) is 5.44. The number of hydrogen-bond acceptors (Lipinski definition) is 3. The first kappa shape index (κ1) is 9.73. The van der Waals surface area contributed by atoms with E-state index in [0.29, 0.717) is 0 Å². The van der Waals surface area contributed by atoms with Gasteiger partial charge in [0.2, 0.25) is 0 Å². The van der Waals surface area contributed by atoms with Crippen molar-refractivity contribution in [3.63, 3.8) is 0 Å². The largest absolute Gasteiger partial charge is 0.493 e. The quantitative estimate of drug-likeness (QED) is 0.842. The molecule has 3 heteroatoms. The molecular weight excluding hydrogens is 204 g/mol. The molecule has 0 amide bonds. The summed E-state index contributed by atoms with van der Waals surface area (Å²) in [7, 11) is 1.62. The fraction of sp³-hybridized carbons (Fsp3) is 0.385. The minimum atomic E-state index is -0.638. The van der Waals surface area contributed by atoms with Crippen LogP contribution in [0.5, 0.6) is 5.75 Å². The van der Waals surface area contributed by atoms with Crippen molar-refractivity contribution < 1.29 is 14.3 Å². The summed E-state index contributed by atoms with van der Waals surface area (Å²) in [6.45, 7) is 1.90. The van der Waals surface area contributed by atoms with Crippen LogP contribution in [0, 0.1) is 6.92 Å². The molecule has 16 heavy (non-hydrogen) atoms. The molecule has 1 fully saturated rings. The predicted molar refractivity (Wildman–Crippen MR) is 60.6 cm³/mol. The van der Waals surface area contributed by atoms with E-state index in [-0.39, 0.29) is 0 Å². The third kappa shape index (κ3) is 1.25. The number of methoxy groups -OCH3 is 1. The van der Waals surface area contributed by atoms with Crippen molar-refractivity contribution in [2.24, 2.45) is 0 Å². The number of aryl methyl sites for hydroxylation is 1. The molecule has 3 rings (SSSR count). The topological polar surface area (TPSA) is 42.6 Å². The summed E-state index contributed by atoms with van der Waals surface area (Å²) < 4.78 is 10.9. The summed E-state index contributed by atoms with van der Waals surface area (Å²) in [5.74, 6) is 1.56. The van der Waals surface area contributed by atoms with E-state index in [4.69, 9.17) is 9.15 Å². The van der Waals surface area contributed by atoms with Crippen LogP contribution in [0.15, 0.2) is 22.6 Å². The van der Waals surface area contributed by atoms with E-state index >= 15 is 0 Å². The second-order valence-electron chi connectivity index (χ2n) is 4.45. The molecule has 1 aromatic carbocycles. The van der Waals surface area contributed by atoms with Crippen molar-refractivity contribution in [1.29, 1.82) is 0 Å². The number of fused-ring (bicyclic) bond motifs is 1. The Hall–Kier alpha value is -1.48. The lowest BCUT2D eigenvalue weighted by molar-refractivity contribution is 0.153. The van der Waals surface area contributed by atoms with Crippen LogP contribution in [0.2, 0.25) is 0 Å². The van der Waals surface area contributed by atoms with Crippen LogP contribution in [0.25, 0.3) is 11.0 Å². The van der Waals surface area contributed by atoms with E-state index in [1.54, 1.807) is 7.11 Å². The molecule has 0 aliphatic heterocycles. The van der Waals surface area contributed by atoms with Gasteiger partial charge in [-0.1, -0.05) is 6.07 Å². The SMILES string of the molecule is COc1ccc(C2(O)CC2)c2cc(C)oc12. The van der Waals surface area contributed by atoms with Crippen LogP contribution in [-0.4, -0.2) is 12.2 Å². The standard InChI is InChI=1S/C13H14O3/c1-8-7-9-10(13(14)5-6-13)3-4-11(15-2)12(9)16-8/h3-4,7,14H,5-6H2,1-2H3. The lowest BCUT2D eigenvalue weighted by Gasteiger charge is -2.10. The van der Waals surface area contributed by atoms with Crippen molar-refractivity contribution in [3.05, 3.63) is 29.5 Å². The van der Waals surface area contributed by atoms with E-state index in [1.807, 2.05) is 25.1 Å². The molecule has 2 aromatic rings. The molecule has 0 saturated heterocycles. The van der Waals surface area contributed by atoms with Gasteiger partial charge in [-0.15, -0.1) is 0 Å². The molecule has 0 atom stereocenters. The first-order valence-electron chi connectivity index (χ1n) is 5.44. The Kier molecular flexibility index (Phi) is 1.83. The van der Waals surface area contributed by atoms with E-state index < -0.39 is 5.60 Å². The maximum absolute atomic E-state index is 10.2. The normalized spacial score (nSPS) is 17.7. The van der Waals surface area contributed by atoms with Crippen molar-refractivity contribution in [2.45, 2.75) is 25.4 Å². The number of hydrogen-bond donors (Lipinski definition) is 1. The van der Waals surface area contributed by atoms with Crippen molar-refractivity contribution in [1.82, 2.24) is 0 Å². The second-order valence-corrected chi connectivity index (χ2v) is 4.45. The summed E-state index contributed by atoms with van der Waals surface area (Å²) in [4.78, 5) is 0. The number of rotatable bonds is 2. The molecule has 1 heterocycles. The highest BCUT2D eigenvalue weighted by Gasteiger charge is 2.43. The lowest BCUT2D eigenvalue weighted by Crippen LogP contribution is -2.04. The molecule has 0 bridgehead atoms. The van der Waals surface area contributed by atoms with Gasteiger partial charge in [0.1, 0.15) is 5.76 Å². The van der Waals surface area contributed by atoms with Crippen molar-refractivity contribution in [2.75, 3.05) is 7.11 Å². The zero-order valence-corrected chi connectivity index (χ0v) is 9.41. The Morgan fingerprint density at radius 2 is 2.12 bits per heavy atom. The Balaban J connectivity index is 2.31. The minimum absolute atomic E-state index is 0.638. The van der Waals surface area contributed by atoms with Crippen LogP contribution >= 0.6 is 0 Å². The van der Waals surface area contributed by atoms with Gasteiger partial charge in [0.15, 0.2) is 11.3 Å². The highest BCUT2D eigenvalue weighted by molar-refractivity contribution is 5.88. The molecule has 1 saturated carbocycles. The molecular formula is C13H14O3. The van der Waals surface area contributed by atoms with E-state index in [0.717, 1.165) is 40.9 Å². The maximum Gasteiger partial charge on any atom is 0.176 e. The monoisotopic (exact) mass is 218 g/mol. The third-order valence-electron chi connectivity index (χ3n) is 3.22. The molecule has 84 valence electrons. The van der Waals surface area contributed by atoms with Crippen LogP contribution in [0.4, 0.5) is 0 Å². The molecule has 0 radical (unpaired) electrons. The molecule has 3 nitrogen and oxygen atoms in total. The second kappa shape index (κ2) is 3.01. The molecule has 1 aliphatic carbocycles. The van der Waals surface area contributed by atoms with E-state index in [1.165, 1.54) is 0 Å². The Labute approximate surface area is 93.6 Å². The zero-order chi connectivity index (χ0) is 11.3. The average Bonchev–Trinajstić information content (AvgIpc) is 2.88. The highest BCUT2D eigenvalue weighted by atomic mass is 16.5. The molecule has 0 spiro atoms. The van der Waals surface area contributed by atoms with Crippen molar-refractivity contribution in [3.8, 4) is 5.75 Å². The highest BCUT2D eigenvalue weighted by Crippen LogP contribution is 2.49. The van der Waals surface area contributed by atoms with Gasteiger partial charge in [-0.3, -0.25) is 0 Å². The van der Waals surface area contributed by atoms with Gasteiger partial charge in [0, 0.05) is 5.39 Å². The number of aliphatic hydroxyl groups is 1. The molecule has 0 unspecified atom stereocenters. The zero-order valence-electron chi connectivity index (χ0n) is 9.41. The maximum atomic E-state index is 10.2. The number of ether oxygens (including phenoxy) is 1. The predicted octanol–water partition coefficient (Wildman–Crippen LogP) is 2.73. The molecule has 1 aliphatic rings. The van der Waals surface area contributed by atoms with Gasteiger partial charge < -0.3 is 14.3 Å². The van der Waals surface area contributed by atoms with Gasteiger partial charge >= 0.3 is 0 Å². The van der Waals surface area contributed by atoms with Gasteiger partial charge in [-0.25, -0.2) is 0 Å². The van der Waals surface area contributed by atoms with Crippen LogP contribution in [0.1, 0.15) is 24.2 Å². The summed E-state index contributed by atoms with van der Waals surface area (Å²) in [5.41, 5.74) is 1.05. The fourth-order valence-corrected chi connectivity index (χ4v) is 2.18. The minimum Gasteiger partial charge on any atom is -0.493 e. The van der Waals surface area contributed by atoms with Crippen LogP contribution in [-0.2, 0) is 5.60 Å². The fourth-order valence-electron chi connectivity index (χ4n) is 2.18. The Morgan fingerprint density at radius 3 is 2.75 bits per heavy atom. The summed E-state index contributed by atoms with van der Waals surface area (Å²) in [6, 6.07) is 5.75. The first-order chi connectivity index (χ1) is 7.64. The number of furan rings is 1. The summed E-state index contributed by atoms with van der Waals surface area (Å²) in [5, 5.41) is 11.2. The number of benzene rings is 1. The Bertz CT molecular complexity index is 550. The lowest BCUT2D eigenvalue weighted by atomic mass is 10.0. The van der Waals surface area contributed by atoms with Gasteiger partial charge in [0.25, 0.3) is 0 Å². The summed E-state index contributed by atoms with van der Waals surface area (Å²) >= 11 is 0. The van der Waals surface area contributed by atoms with Crippen LogP contribution < -0.4 is 4.74 Å². The van der Waals surface area contributed by atoms with E-state index in [9.17, 15) is 5.11 Å². The average molecular weight is 218 g/mol. The Morgan fingerprint density at radius 1 is 1.38 bits per heavy atom. The van der Waals surface area contributed by atoms with Crippen molar-refractivity contribution >= 4 is 11.0 Å². The van der Waals surface area contributed by atoms with Gasteiger partial charge in [-0.2, -0.15) is 0 Å². The smallest absolute Gasteiger partial charge is 0.176 e. The third-order valence-corrected chi connectivity index (χ3v) is 3.22. The van der Waals surface area contributed by atoms with Gasteiger partial charge in [-0.05, 0) is 37.5 Å².